The number of nitrogens with one attached hydrogen (secondary N) is 1. The lowest BCUT2D eigenvalue weighted by atomic mass is 9.81. The third kappa shape index (κ3) is 3.75. The second-order valence-corrected chi connectivity index (χ2v) is 9.58. The first-order chi connectivity index (χ1) is 14.7. The molecule has 166 valence electrons. The molecule has 1 N–H and O–H groups in total. The van der Waals surface area contributed by atoms with Crippen LogP contribution in [0.1, 0.15) is 44.2 Å². The molecule has 5 atom stereocenters. The summed E-state index contributed by atoms with van der Waals surface area (Å²) in [6.07, 6.45) is 2.90. The number of aryl methyl sites for hydroxylation is 2. The van der Waals surface area contributed by atoms with Gasteiger partial charge in [-0.15, -0.1) is 0 Å². The number of benzene rings is 1. The molecular formula is C24H30N2O5. The van der Waals surface area contributed by atoms with Crippen molar-refractivity contribution in [3.63, 3.8) is 0 Å². The van der Waals surface area contributed by atoms with Crippen LogP contribution in [-0.2, 0) is 23.9 Å². The number of nitrogens with zero attached hydrogens (tertiary/aromatic N) is 1. The average Bonchev–Trinajstić information content (AvgIpc) is 3.39. The van der Waals surface area contributed by atoms with Crippen molar-refractivity contribution in [3.8, 4) is 0 Å². The summed E-state index contributed by atoms with van der Waals surface area (Å²) < 4.78 is 5.26. The number of carbonyl (C=O) groups excluding carboxylic acids is 4. The zero-order valence-corrected chi connectivity index (χ0v) is 18.5. The Balaban J connectivity index is 1.41. The van der Waals surface area contributed by atoms with E-state index in [1.807, 2.05) is 26.0 Å². The minimum absolute atomic E-state index is 0.238. The number of fused-ring (bicyclic) bond motifs is 5. The lowest BCUT2D eigenvalue weighted by Gasteiger charge is -2.28. The molecule has 7 nitrogen and oxygen atoms in total. The number of amides is 3. The van der Waals surface area contributed by atoms with Crippen LogP contribution in [0.3, 0.4) is 0 Å². The topological polar surface area (TPSA) is 92.8 Å². The van der Waals surface area contributed by atoms with Gasteiger partial charge in [-0.3, -0.25) is 19.3 Å². The highest BCUT2D eigenvalue weighted by molar-refractivity contribution is 6.08. The molecule has 2 bridgehead atoms. The summed E-state index contributed by atoms with van der Waals surface area (Å²) in [7, 11) is 0. The largest absolute Gasteiger partial charge is 0.454 e. The van der Waals surface area contributed by atoms with Crippen LogP contribution in [0.15, 0.2) is 18.2 Å². The minimum atomic E-state index is -1.00. The number of anilines is 1. The van der Waals surface area contributed by atoms with Crippen LogP contribution in [0.5, 0.6) is 0 Å². The van der Waals surface area contributed by atoms with Crippen LogP contribution in [0, 0.1) is 43.4 Å². The van der Waals surface area contributed by atoms with Gasteiger partial charge in [0.1, 0.15) is 6.04 Å². The van der Waals surface area contributed by atoms with Gasteiger partial charge in [0.05, 0.1) is 11.8 Å². The molecular weight excluding hydrogens is 396 g/mol. The molecule has 0 unspecified atom stereocenters. The highest BCUT2D eigenvalue weighted by atomic mass is 16.5. The minimum Gasteiger partial charge on any atom is -0.454 e. The zero-order chi connectivity index (χ0) is 22.4. The molecule has 0 aromatic heterocycles. The molecule has 3 fully saturated rings. The number of carbonyl (C=O) groups is 4. The molecule has 1 aromatic rings. The summed E-state index contributed by atoms with van der Waals surface area (Å²) in [4.78, 5) is 52.5. The normalized spacial score (nSPS) is 27.6. The summed E-state index contributed by atoms with van der Waals surface area (Å²) in [6, 6.07) is 4.54. The Kier molecular flexibility index (Phi) is 5.62. The molecule has 3 amide bonds. The number of ether oxygens (including phenoxy) is 1. The van der Waals surface area contributed by atoms with Crippen LogP contribution >= 0.6 is 0 Å². The molecule has 1 aliphatic heterocycles. The first-order valence-electron chi connectivity index (χ1n) is 11.1. The van der Waals surface area contributed by atoms with Gasteiger partial charge < -0.3 is 10.1 Å². The second-order valence-electron chi connectivity index (χ2n) is 9.58. The van der Waals surface area contributed by atoms with Gasteiger partial charge in [-0.1, -0.05) is 19.9 Å². The first-order valence-corrected chi connectivity index (χ1v) is 11.1. The fourth-order valence-electron chi connectivity index (χ4n) is 5.62. The van der Waals surface area contributed by atoms with Gasteiger partial charge in [-0.05, 0) is 74.1 Å². The van der Waals surface area contributed by atoms with E-state index in [1.54, 1.807) is 19.9 Å². The highest BCUT2D eigenvalue weighted by Gasteiger charge is 2.62. The van der Waals surface area contributed by atoms with E-state index in [1.165, 1.54) is 0 Å². The van der Waals surface area contributed by atoms with Gasteiger partial charge in [0.15, 0.2) is 6.61 Å². The fraction of sp³-hybridized carbons (Fsp3) is 0.583. The molecule has 7 heteroatoms. The van der Waals surface area contributed by atoms with Gasteiger partial charge in [0, 0.05) is 5.69 Å². The summed E-state index contributed by atoms with van der Waals surface area (Å²) in [5.74, 6) is -2.02. The second kappa shape index (κ2) is 8.09. The molecule has 2 saturated carbocycles. The van der Waals surface area contributed by atoms with Crippen molar-refractivity contribution in [2.45, 2.75) is 53.0 Å². The number of hydrogen-bond acceptors (Lipinski definition) is 5. The van der Waals surface area contributed by atoms with E-state index in [9.17, 15) is 19.2 Å². The number of hydrogen-bond donors (Lipinski definition) is 1. The molecule has 0 spiro atoms. The van der Waals surface area contributed by atoms with Crippen molar-refractivity contribution in [2.24, 2.45) is 29.6 Å². The quantitative estimate of drug-likeness (QED) is 0.558. The molecule has 4 rings (SSSR count). The Morgan fingerprint density at radius 3 is 2.23 bits per heavy atom. The monoisotopic (exact) mass is 426 g/mol. The van der Waals surface area contributed by atoms with E-state index < -0.39 is 24.5 Å². The van der Waals surface area contributed by atoms with E-state index in [2.05, 4.69) is 5.32 Å². The Bertz CT molecular complexity index is 912. The number of esters is 1. The third-order valence-corrected chi connectivity index (χ3v) is 7.25. The predicted octanol–water partition coefficient (Wildman–Crippen LogP) is 2.84. The Hall–Kier alpha value is -2.70. The van der Waals surface area contributed by atoms with Crippen LogP contribution in [0.2, 0.25) is 0 Å². The molecule has 1 aromatic carbocycles. The predicted molar refractivity (Wildman–Crippen MR) is 114 cm³/mol. The molecule has 0 radical (unpaired) electrons. The van der Waals surface area contributed by atoms with Crippen LogP contribution in [-0.4, -0.2) is 41.2 Å². The van der Waals surface area contributed by atoms with E-state index >= 15 is 0 Å². The molecule has 3 aliphatic rings. The number of imide groups is 1. The fourth-order valence-corrected chi connectivity index (χ4v) is 5.62. The smallest absolute Gasteiger partial charge is 0.330 e. The maximum atomic E-state index is 13.1. The maximum absolute atomic E-state index is 13.1. The van der Waals surface area contributed by atoms with Crippen molar-refractivity contribution in [1.82, 2.24) is 4.90 Å². The lowest BCUT2D eigenvalue weighted by Crippen LogP contribution is -2.50. The third-order valence-electron chi connectivity index (χ3n) is 7.25. The summed E-state index contributed by atoms with van der Waals surface area (Å²) in [5, 5.41) is 2.71. The molecule has 2 aliphatic carbocycles. The van der Waals surface area contributed by atoms with Gasteiger partial charge in [0.2, 0.25) is 11.8 Å². The maximum Gasteiger partial charge on any atom is 0.330 e. The molecule has 1 saturated heterocycles. The standard InChI is InChI=1S/C24H30N2O5/c1-12(2)21(26-22(28)19-15-6-7-16(10-15)20(19)23(26)29)24(30)31-11-18(27)25-17-8-5-13(3)14(4)9-17/h5,8-9,12,15-16,19-21H,6-7,10-11H2,1-4H3,(H,25,27)/t15-,16-,19-,20+,21+/m0/s1. The average molecular weight is 427 g/mol. The summed E-state index contributed by atoms with van der Waals surface area (Å²) >= 11 is 0. The van der Waals surface area contributed by atoms with Crippen molar-refractivity contribution >= 4 is 29.4 Å². The van der Waals surface area contributed by atoms with Gasteiger partial charge in [-0.2, -0.15) is 0 Å². The van der Waals surface area contributed by atoms with Gasteiger partial charge in [-0.25, -0.2) is 4.79 Å². The van der Waals surface area contributed by atoms with Crippen molar-refractivity contribution < 1.29 is 23.9 Å². The summed E-state index contributed by atoms with van der Waals surface area (Å²) in [6.45, 7) is 7.02. The Labute approximate surface area is 182 Å². The first kappa shape index (κ1) is 21.5. The molecule has 31 heavy (non-hydrogen) atoms. The van der Waals surface area contributed by atoms with Crippen molar-refractivity contribution in [1.29, 1.82) is 0 Å². The van der Waals surface area contributed by atoms with Crippen LogP contribution in [0.25, 0.3) is 0 Å². The van der Waals surface area contributed by atoms with Crippen LogP contribution < -0.4 is 5.32 Å². The Morgan fingerprint density at radius 2 is 1.68 bits per heavy atom. The van der Waals surface area contributed by atoms with Crippen LogP contribution in [0.4, 0.5) is 5.69 Å². The molecule has 1 heterocycles. The van der Waals surface area contributed by atoms with Crippen molar-refractivity contribution in [2.75, 3.05) is 11.9 Å². The SMILES string of the molecule is Cc1ccc(NC(=O)COC(=O)[C@@H](C(C)C)N2C(=O)[C@@H]3[C@H]4CC[C@@H](C4)[C@@H]3C2=O)cc1C. The number of rotatable bonds is 6. The van der Waals surface area contributed by atoms with E-state index in [0.29, 0.717) is 5.69 Å². The number of likely N-dealkylation sites (tertiary alicyclic amines) is 1. The van der Waals surface area contributed by atoms with Gasteiger partial charge >= 0.3 is 5.97 Å². The highest BCUT2D eigenvalue weighted by Crippen LogP contribution is 2.56. The van der Waals surface area contributed by atoms with Gasteiger partial charge in [0.25, 0.3) is 5.91 Å². The lowest BCUT2D eigenvalue weighted by molar-refractivity contribution is -0.162. The summed E-state index contributed by atoms with van der Waals surface area (Å²) in [5.41, 5.74) is 2.78. The zero-order valence-electron chi connectivity index (χ0n) is 18.5. The Morgan fingerprint density at radius 1 is 1.06 bits per heavy atom. The van der Waals surface area contributed by atoms with E-state index in [0.717, 1.165) is 35.3 Å². The van der Waals surface area contributed by atoms with Crippen molar-refractivity contribution in [3.05, 3.63) is 29.3 Å². The van der Waals surface area contributed by atoms with E-state index in [-0.39, 0.29) is 41.4 Å². The van der Waals surface area contributed by atoms with E-state index in [4.69, 9.17) is 4.74 Å².